The second-order valence-corrected chi connectivity index (χ2v) is 4.67. The Hall–Kier alpha value is -2.67. The molecule has 0 amide bonds. The van der Waals surface area contributed by atoms with Crippen LogP contribution in [0.5, 0.6) is 0 Å². The number of hydrogen-bond acceptors (Lipinski definition) is 6. The van der Waals surface area contributed by atoms with Crippen molar-refractivity contribution in [2.45, 2.75) is 6.54 Å². The molecular formula is C13H12ClN7. The van der Waals surface area contributed by atoms with Gasteiger partial charge in [0.1, 0.15) is 23.1 Å². The predicted molar refractivity (Wildman–Crippen MR) is 80.1 cm³/mol. The van der Waals surface area contributed by atoms with Crippen LogP contribution in [0.2, 0.25) is 5.15 Å². The molecule has 0 saturated carbocycles. The van der Waals surface area contributed by atoms with Gasteiger partial charge in [0.05, 0.1) is 0 Å². The first-order valence-corrected chi connectivity index (χ1v) is 6.56. The van der Waals surface area contributed by atoms with E-state index in [4.69, 9.17) is 17.3 Å². The second kappa shape index (κ2) is 5.76. The van der Waals surface area contributed by atoms with Gasteiger partial charge in [0.2, 0.25) is 5.95 Å². The fourth-order valence-electron chi connectivity index (χ4n) is 1.79. The largest absolute Gasteiger partial charge is 0.368 e. The number of anilines is 2. The zero-order valence-electron chi connectivity index (χ0n) is 10.9. The molecule has 0 radical (unpaired) electrons. The van der Waals surface area contributed by atoms with Crippen LogP contribution in [0.25, 0.3) is 5.82 Å². The summed E-state index contributed by atoms with van der Waals surface area (Å²) in [6.45, 7) is 0.560. The summed E-state index contributed by atoms with van der Waals surface area (Å²) in [5.41, 5.74) is 6.54. The number of hydrogen-bond donors (Lipinski definition) is 2. The van der Waals surface area contributed by atoms with Gasteiger partial charge in [0.15, 0.2) is 0 Å². The van der Waals surface area contributed by atoms with Crippen LogP contribution >= 0.6 is 11.6 Å². The average Bonchev–Trinajstić information content (AvgIpc) is 2.99. The molecule has 0 saturated heterocycles. The van der Waals surface area contributed by atoms with E-state index in [0.29, 0.717) is 17.5 Å². The van der Waals surface area contributed by atoms with Gasteiger partial charge in [-0.25, -0.2) is 15.0 Å². The number of nitrogen functional groups attached to an aromatic ring is 1. The van der Waals surface area contributed by atoms with Crippen molar-refractivity contribution in [2.24, 2.45) is 0 Å². The number of imidazole rings is 1. The minimum Gasteiger partial charge on any atom is -0.368 e. The Morgan fingerprint density at radius 1 is 1.29 bits per heavy atom. The first-order chi connectivity index (χ1) is 10.2. The van der Waals surface area contributed by atoms with Gasteiger partial charge in [-0.15, -0.1) is 0 Å². The molecule has 0 aliphatic heterocycles. The normalized spacial score (nSPS) is 10.5. The summed E-state index contributed by atoms with van der Waals surface area (Å²) in [5, 5.41) is 3.43. The first-order valence-electron chi connectivity index (χ1n) is 6.18. The van der Waals surface area contributed by atoms with E-state index in [1.165, 1.54) is 0 Å². The summed E-state index contributed by atoms with van der Waals surface area (Å²) in [6.07, 6.45) is 7.03. The van der Waals surface area contributed by atoms with Gasteiger partial charge in [0.25, 0.3) is 0 Å². The van der Waals surface area contributed by atoms with E-state index >= 15 is 0 Å². The molecule has 7 nitrogen and oxygen atoms in total. The SMILES string of the molecule is Nc1nc(Cl)cc(NCc2ccc(-n3ccnc3)nc2)n1. The van der Waals surface area contributed by atoms with E-state index in [9.17, 15) is 0 Å². The van der Waals surface area contributed by atoms with Gasteiger partial charge in [-0.1, -0.05) is 17.7 Å². The molecule has 3 aromatic heterocycles. The highest BCUT2D eigenvalue weighted by atomic mass is 35.5. The lowest BCUT2D eigenvalue weighted by Crippen LogP contribution is -2.05. The molecule has 3 N–H and O–H groups in total. The highest BCUT2D eigenvalue weighted by Crippen LogP contribution is 2.13. The quantitative estimate of drug-likeness (QED) is 0.715. The lowest BCUT2D eigenvalue weighted by atomic mass is 10.3. The number of nitrogens with one attached hydrogen (secondary N) is 1. The molecule has 8 heteroatoms. The van der Waals surface area contributed by atoms with Crippen molar-refractivity contribution in [2.75, 3.05) is 11.1 Å². The van der Waals surface area contributed by atoms with Crippen molar-refractivity contribution in [1.82, 2.24) is 24.5 Å². The number of aromatic nitrogens is 5. The summed E-state index contributed by atoms with van der Waals surface area (Å²) >= 11 is 5.82. The van der Waals surface area contributed by atoms with Gasteiger partial charge in [-0.05, 0) is 11.6 Å². The highest BCUT2D eigenvalue weighted by Gasteiger charge is 2.02. The number of rotatable bonds is 4. The smallest absolute Gasteiger partial charge is 0.223 e. The van der Waals surface area contributed by atoms with Crippen LogP contribution in [0.4, 0.5) is 11.8 Å². The van der Waals surface area contributed by atoms with Crippen molar-refractivity contribution in [1.29, 1.82) is 0 Å². The first kappa shape index (κ1) is 13.3. The maximum Gasteiger partial charge on any atom is 0.223 e. The zero-order valence-corrected chi connectivity index (χ0v) is 11.7. The topological polar surface area (TPSA) is 94.5 Å². The maximum absolute atomic E-state index is 5.82. The number of nitrogens with zero attached hydrogens (tertiary/aromatic N) is 5. The molecule has 0 aliphatic carbocycles. The molecule has 0 unspecified atom stereocenters. The van der Waals surface area contributed by atoms with Crippen molar-refractivity contribution in [3.63, 3.8) is 0 Å². The molecule has 0 bridgehead atoms. The lowest BCUT2D eigenvalue weighted by molar-refractivity contribution is 0.976. The molecule has 21 heavy (non-hydrogen) atoms. The van der Waals surface area contributed by atoms with Crippen LogP contribution in [0.1, 0.15) is 5.56 Å². The van der Waals surface area contributed by atoms with Gasteiger partial charge in [-0.3, -0.25) is 4.57 Å². The van der Waals surface area contributed by atoms with Crippen molar-refractivity contribution < 1.29 is 0 Å². The molecule has 0 spiro atoms. The Balaban J connectivity index is 1.68. The summed E-state index contributed by atoms with van der Waals surface area (Å²) in [6, 6.07) is 5.51. The van der Waals surface area contributed by atoms with Gasteiger partial charge in [0, 0.05) is 31.2 Å². The molecule has 3 aromatic rings. The second-order valence-electron chi connectivity index (χ2n) is 4.28. The van der Waals surface area contributed by atoms with Crippen LogP contribution in [0.3, 0.4) is 0 Å². The molecule has 106 valence electrons. The third kappa shape index (κ3) is 3.26. The third-order valence-corrected chi connectivity index (χ3v) is 2.96. The third-order valence-electron chi connectivity index (χ3n) is 2.76. The molecule has 0 aliphatic rings. The zero-order chi connectivity index (χ0) is 14.7. The molecule has 0 fully saturated rings. The molecule has 0 atom stereocenters. The number of nitrogens with two attached hydrogens (primary N) is 1. The Morgan fingerprint density at radius 2 is 2.19 bits per heavy atom. The Morgan fingerprint density at radius 3 is 2.86 bits per heavy atom. The maximum atomic E-state index is 5.82. The van der Waals surface area contributed by atoms with Gasteiger partial charge in [-0.2, -0.15) is 4.98 Å². The van der Waals surface area contributed by atoms with Crippen LogP contribution in [-0.4, -0.2) is 24.5 Å². The minimum atomic E-state index is 0.138. The van der Waals surface area contributed by atoms with Crippen LogP contribution in [0, 0.1) is 0 Å². The van der Waals surface area contributed by atoms with Crippen molar-refractivity contribution in [3.05, 3.63) is 53.8 Å². The van der Waals surface area contributed by atoms with E-state index in [1.54, 1.807) is 24.8 Å². The Labute approximate surface area is 125 Å². The van der Waals surface area contributed by atoms with Crippen molar-refractivity contribution >= 4 is 23.4 Å². The lowest BCUT2D eigenvalue weighted by Gasteiger charge is -2.07. The number of halogens is 1. The Bertz CT molecular complexity index is 705. The van der Waals surface area contributed by atoms with E-state index in [2.05, 4.69) is 25.3 Å². The highest BCUT2D eigenvalue weighted by molar-refractivity contribution is 6.29. The van der Waals surface area contributed by atoms with E-state index in [0.717, 1.165) is 11.4 Å². The monoisotopic (exact) mass is 301 g/mol. The summed E-state index contributed by atoms with van der Waals surface area (Å²) in [4.78, 5) is 16.2. The van der Waals surface area contributed by atoms with Crippen LogP contribution in [-0.2, 0) is 6.54 Å². The molecular weight excluding hydrogens is 290 g/mol. The van der Waals surface area contributed by atoms with Crippen molar-refractivity contribution in [3.8, 4) is 5.82 Å². The molecule has 3 heterocycles. The molecule has 3 rings (SSSR count). The summed E-state index contributed by atoms with van der Waals surface area (Å²) < 4.78 is 1.84. The fraction of sp³-hybridized carbons (Fsp3) is 0.0769. The standard InChI is InChI=1S/C13H12ClN7/c14-10-5-11(20-13(15)19-10)17-6-9-1-2-12(18-7-9)21-4-3-16-8-21/h1-5,7-8H,6H2,(H3,15,17,19,20). The fourth-order valence-corrected chi connectivity index (χ4v) is 1.98. The minimum absolute atomic E-state index is 0.138. The van der Waals surface area contributed by atoms with Crippen LogP contribution < -0.4 is 11.1 Å². The summed E-state index contributed by atoms with van der Waals surface area (Å²) in [5.74, 6) is 1.52. The van der Waals surface area contributed by atoms with E-state index < -0.39 is 0 Å². The summed E-state index contributed by atoms with van der Waals surface area (Å²) in [7, 11) is 0. The average molecular weight is 302 g/mol. The van der Waals surface area contributed by atoms with Gasteiger partial charge < -0.3 is 11.1 Å². The number of pyridine rings is 1. The molecule has 0 aromatic carbocycles. The van der Waals surface area contributed by atoms with Crippen LogP contribution in [0.15, 0.2) is 43.1 Å². The predicted octanol–water partition coefficient (Wildman–Crippen LogP) is 1.90. The van der Waals surface area contributed by atoms with Gasteiger partial charge >= 0.3 is 0 Å². The Kier molecular flexibility index (Phi) is 3.65. The van der Waals surface area contributed by atoms with E-state index in [-0.39, 0.29) is 5.95 Å². The van der Waals surface area contributed by atoms with E-state index in [1.807, 2.05) is 22.9 Å².